The zero-order valence-corrected chi connectivity index (χ0v) is 15.3. The third-order valence-corrected chi connectivity index (χ3v) is 4.84. The van der Waals surface area contributed by atoms with Crippen molar-refractivity contribution in [2.75, 3.05) is 10.6 Å². The van der Waals surface area contributed by atoms with Gasteiger partial charge in [0.15, 0.2) is 6.04 Å². The molecule has 0 saturated carbocycles. The van der Waals surface area contributed by atoms with Crippen LogP contribution in [0, 0.1) is 5.82 Å². The van der Waals surface area contributed by atoms with E-state index in [9.17, 15) is 22.4 Å². The van der Waals surface area contributed by atoms with Crippen molar-refractivity contribution in [3.8, 4) is 0 Å². The van der Waals surface area contributed by atoms with E-state index in [1.807, 2.05) is 0 Å². The van der Waals surface area contributed by atoms with Gasteiger partial charge in [0.2, 0.25) is 0 Å². The topological polar surface area (TPSA) is 72.1 Å². The van der Waals surface area contributed by atoms with Crippen molar-refractivity contribution in [3.05, 3.63) is 65.0 Å². The first-order chi connectivity index (χ1) is 13.7. The minimum absolute atomic E-state index is 0.0920. The van der Waals surface area contributed by atoms with Crippen LogP contribution in [-0.2, 0) is 0 Å². The number of amides is 1. The minimum Gasteiger partial charge on any atom is -0.467 e. The summed E-state index contributed by atoms with van der Waals surface area (Å²) in [6.45, 7) is 0. The van der Waals surface area contributed by atoms with Crippen molar-refractivity contribution in [3.63, 3.8) is 0 Å². The molecule has 2 aromatic heterocycles. The predicted octanol–water partition coefficient (Wildman–Crippen LogP) is 5.18. The van der Waals surface area contributed by atoms with Gasteiger partial charge in [-0.25, -0.2) is 9.07 Å². The molecule has 0 aliphatic carbocycles. The van der Waals surface area contributed by atoms with E-state index in [2.05, 4.69) is 15.7 Å². The number of rotatable bonds is 3. The van der Waals surface area contributed by atoms with Crippen LogP contribution in [0.1, 0.15) is 34.6 Å². The fourth-order valence-electron chi connectivity index (χ4n) is 3.18. The summed E-state index contributed by atoms with van der Waals surface area (Å²) in [4.78, 5) is 12.6. The average Bonchev–Trinajstić information content (AvgIpc) is 3.32. The van der Waals surface area contributed by atoms with Crippen LogP contribution in [-0.4, -0.2) is 21.9 Å². The van der Waals surface area contributed by atoms with Gasteiger partial charge in [0.05, 0.1) is 23.5 Å². The number of fused-ring (bicyclic) bond motifs is 1. The average molecular weight is 429 g/mol. The molecule has 11 heteroatoms. The molecular weight excluding hydrogens is 416 g/mol. The van der Waals surface area contributed by atoms with E-state index in [-0.39, 0.29) is 28.5 Å². The van der Waals surface area contributed by atoms with Gasteiger partial charge in [0.25, 0.3) is 5.91 Å². The van der Waals surface area contributed by atoms with Gasteiger partial charge in [-0.3, -0.25) is 4.79 Å². The van der Waals surface area contributed by atoms with E-state index in [1.165, 1.54) is 18.4 Å². The molecule has 0 fully saturated rings. The summed E-state index contributed by atoms with van der Waals surface area (Å²) in [6.07, 6.45) is -2.52. The van der Waals surface area contributed by atoms with E-state index in [0.717, 1.165) is 16.9 Å². The van der Waals surface area contributed by atoms with Crippen LogP contribution in [0.15, 0.2) is 47.2 Å². The fourth-order valence-corrected chi connectivity index (χ4v) is 3.36. The number of halogens is 5. The second kappa shape index (κ2) is 7.11. The predicted molar refractivity (Wildman–Crippen MR) is 96.4 cm³/mol. The monoisotopic (exact) mass is 428 g/mol. The van der Waals surface area contributed by atoms with Crippen molar-refractivity contribution >= 4 is 29.0 Å². The van der Waals surface area contributed by atoms with E-state index in [4.69, 9.17) is 16.0 Å². The normalized spacial score (nSPS) is 18.8. The summed E-state index contributed by atoms with van der Waals surface area (Å²) in [7, 11) is 0. The third-order valence-electron chi connectivity index (χ3n) is 4.55. The minimum atomic E-state index is -4.58. The number of alkyl halides is 3. The maximum atomic E-state index is 13.6. The smallest absolute Gasteiger partial charge is 0.410 e. The van der Waals surface area contributed by atoms with Crippen molar-refractivity contribution in [1.29, 1.82) is 0 Å². The highest BCUT2D eigenvalue weighted by molar-refractivity contribution is 6.31. The Balaban J connectivity index is 1.67. The molecule has 3 heterocycles. The van der Waals surface area contributed by atoms with E-state index in [1.54, 1.807) is 12.1 Å². The number of aromatic nitrogens is 2. The van der Waals surface area contributed by atoms with Gasteiger partial charge < -0.3 is 15.1 Å². The fraction of sp³-hybridized carbons (Fsp3) is 0.222. The molecule has 4 rings (SSSR count). The lowest BCUT2D eigenvalue weighted by Gasteiger charge is -2.32. The van der Waals surface area contributed by atoms with E-state index >= 15 is 0 Å². The number of hydrogen-bond acceptors (Lipinski definition) is 4. The number of nitrogens with one attached hydrogen (secondary N) is 2. The molecule has 3 aromatic rings. The SMILES string of the molecule is O=C(Nc1ccc(F)c(Cl)c1)c1cnn2c1N[C@@H](c1ccco1)C[C@H]2C(F)(F)F. The number of anilines is 2. The van der Waals surface area contributed by atoms with Crippen molar-refractivity contribution < 1.29 is 26.8 Å². The highest BCUT2D eigenvalue weighted by atomic mass is 35.5. The van der Waals surface area contributed by atoms with Crippen molar-refractivity contribution in [2.24, 2.45) is 0 Å². The Kier molecular flexibility index (Phi) is 4.73. The summed E-state index contributed by atoms with van der Waals surface area (Å²) >= 11 is 5.69. The number of furan rings is 1. The zero-order valence-electron chi connectivity index (χ0n) is 14.5. The van der Waals surface area contributed by atoms with Gasteiger partial charge in [-0.15, -0.1) is 0 Å². The van der Waals surface area contributed by atoms with Gasteiger partial charge in [0, 0.05) is 12.1 Å². The lowest BCUT2D eigenvalue weighted by Crippen LogP contribution is -2.36. The second-order valence-corrected chi connectivity index (χ2v) is 6.85. The van der Waals surface area contributed by atoms with Crippen LogP contribution in [0.3, 0.4) is 0 Å². The molecule has 1 aliphatic rings. The Morgan fingerprint density at radius 3 is 2.79 bits per heavy atom. The number of benzene rings is 1. The first-order valence-electron chi connectivity index (χ1n) is 8.44. The Morgan fingerprint density at radius 1 is 1.34 bits per heavy atom. The van der Waals surface area contributed by atoms with Gasteiger partial charge >= 0.3 is 6.18 Å². The van der Waals surface area contributed by atoms with Gasteiger partial charge in [-0.2, -0.15) is 18.3 Å². The van der Waals surface area contributed by atoms with Crippen LogP contribution in [0.5, 0.6) is 0 Å². The summed E-state index contributed by atoms with van der Waals surface area (Å²) < 4.78 is 60.1. The molecule has 0 spiro atoms. The van der Waals surface area contributed by atoms with Crippen molar-refractivity contribution in [1.82, 2.24) is 9.78 Å². The van der Waals surface area contributed by atoms with Crippen LogP contribution >= 0.6 is 11.6 Å². The standard InChI is InChI=1S/C18H13ClF4N4O2/c19-11-6-9(3-4-12(11)20)25-17(28)10-8-24-27-15(18(21,22)23)7-13(26-16(10)27)14-2-1-5-29-14/h1-6,8,13,15,26H,7H2,(H,25,28)/t13-,15+/m1/s1. The van der Waals surface area contributed by atoms with Crippen LogP contribution in [0.25, 0.3) is 0 Å². The summed E-state index contributed by atoms with van der Waals surface area (Å²) in [6, 6.07) is 3.93. The quantitative estimate of drug-likeness (QED) is 0.564. The highest BCUT2D eigenvalue weighted by Crippen LogP contribution is 2.44. The number of carbonyl (C=O) groups excluding carboxylic acids is 1. The largest absolute Gasteiger partial charge is 0.467 e. The molecule has 1 aliphatic heterocycles. The first kappa shape index (κ1) is 19.3. The van der Waals surface area contributed by atoms with Crippen molar-refractivity contribution in [2.45, 2.75) is 24.7 Å². The maximum absolute atomic E-state index is 13.6. The van der Waals surface area contributed by atoms with Crippen LogP contribution < -0.4 is 10.6 Å². The molecule has 1 aromatic carbocycles. The van der Waals surface area contributed by atoms with Gasteiger partial charge in [-0.1, -0.05) is 11.6 Å². The molecule has 0 bridgehead atoms. The summed E-state index contributed by atoms with van der Waals surface area (Å²) in [5.74, 6) is -1.17. The highest BCUT2D eigenvalue weighted by Gasteiger charge is 2.47. The number of hydrogen-bond donors (Lipinski definition) is 2. The number of carbonyl (C=O) groups is 1. The molecule has 2 N–H and O–H groups in total. The molecule has 6 nitrogen and oxygen atoms in total. The molecule has 2 atom stereocenters. The molecule has 0 unspecified atom stereocenters. The molecule has 1 amide bonds. The van der Waals surface area contributed by atoms with E-state index in [0.29, 0.717) is 5.76 Å². The zero-order chi connectivity index (χ0) is 20.8. The third kappa shape index (κ3) is 3.67. The Labute approximate surface area is 166 Å². The van der Waals surface area contributed by atoms with Crippen LogP contribution in [0.2, 0.25) is 5.02 Å². The Bertz CT molecular complexity index is 1050. The molecule has 152 valence electrons. The van der Waals surface area contributed by atoms with Crippen LogP contribution in [0.4, 0.5) is 29.1 Å². The summed E-state index contributed by atoms with van der Waals surface area (Å²) in [5, 5.41) is 8.95. The maximum Gasteiger partial charge on any atom is 0.410 e. The Morgan fingerprint density at radius 2 is 2.14 bits per heavy atom. The molecule has 29 heavy (non-hydrogen) atoms. The molecular formula is C18H13ClF4N4O2. The molecule has 0 radical (unpaired) electrons. The Hall–Kier alpha value is -3.01. The summed E-state index contributed by atoms with van der Waals surface area (Å²) in [5.41, 5.74) is 0.0862. The van der Waals surface area contributed by atoms with Gasteiger partial charge in [-0.05, 0) is 30.3 Å². The van der Waals surface area contributed by atoms with Gasteiger partial charge in [0.1, 0.15) is 23.0 Å². The molecule has 0 saturated heterocycles. The lowest BCUT2D eigenvalue weighted by molar-refractivity contribution is -0.174. The lowest BCUT2D eigenvalue weighted by atomic mass is 10.0. The first-order valence-corrected chi connectivity index (χ1v) is 8.82. The van der Waals surface area contributed by atoms with E-state index < -0.39 is 30.0 Å². The number of nitrogens with zero attached hydrogens (tertiary/aromatic N) is 2. The second-order valence-electron chi connectivity index (χ2n) is 6.44.